The molecule has 3 heterocycles. The van der Waals surface area contributed by atoms with Crippen molar-refractivity contribution in [3.05, 3.63) is 45.6 Å². The minimum absolute atomic E-state index is 0.0234. The maximum Gasteiger partial charge on any atom is 0.329 e. The van der Waals surface area contributed by atoms with Crippen molar-refractivity contribution in [2.75, 3.05) is 6.61 Å². The van der Waals surface area contributed by atoms with Gasteiger partial charge in [-0.25, -0.2) is 19.2 Å². The van der Waals surface area contributed by atoms with Crippen molar-refractivity contribution in [1.82, 2.24) is 14.9 Å². The first-order valence-corrected chi connectivity index (χ1v) is 12.1. The molecule has 0 bridgehead atoms. The third-order valence-corrected chi connectivity index (χ3v) is 6.78. The van der Waals surface area contributed by atoms with Crippen molar-refractivity contribution in [2.24, 2.45) is 5.73 Å². The molecular formula is C24H27Cl2FN4O4. The number of esters is 1. The molecule has 0 aliphatic carbocycles. The Morgan fingerprint density at radius 2 is 2.14 bits per heavy atom. The lowest BCUT2D eigenvalue weighted by Gasteiger charge is -2.35. The third-order valence-electron chi connectivity index (χ3n) is 6.33. The van der Waals surface area contributed by atoms with E-state index in [-0.39, 0.29) is 45.8 Å². The molecule has 8 nitrogen and oxygen atoms in total. The highest BCUT2D eigenvalue weighted by Gasteiger charge is 2.40. The second-order valence-corrected chi connectivity index (χ2v) is 10.3. The van der Waals surface area contributed by atoms with E-state index in [2.05, 4.69) is 9.97 Å². The number of hydrogen-bond donors (Lipinski definition) is 1. The zero-order valence-electron chi connectivity index (χ0n) is 19.7. The van der Waals surface area contributed by atoms with Gasteiger partial charge in [-0.05, 0) is 56.8 Å². The van der Waals surface area contributed by atoms with Crippen molar-refractivity contribution >= 4 is 35.1 Å². The van der Waals surface area contributed by atoms with Crippen LogP contribution in [0.2, 0.25) is 10.3 Å². The number of fused-ring (bicyclic) bond motifs is 1. The smallest absolute Gasteiger partial charge is 0.329 e. The van der Waals surface area contributed by atoms with Crippen LogP contribution in [0.1, 0.15) is 56.0 Å². The first-order valence-electron chi connectivity index (χ1n) is 11.4. The summed E-state index contributed by atoms with van der Waals surface area (Å²) in [6.07, 6.45) is 3.14. The van der Waals surface area contributed by atoms with Gasteiger partial charge in [0.15, 0.2) is 0 Å². The van der Waals surface area contributed by atoms with Crippen molar-refractivity contribution in [3.8, 4) is 11.3 Å². The largest absolute Gasteiger partial charge is 0.458 e. The molecule has 35 heavy (non-hydrogen) atoms. The van der Waals surface area contributed by atoms with Crippen LogP contribution in [0, 0.1) is 5.82 Å². The van der Waals surface area contributed by atoms with E-state index in [9.17, 15) is 9.59 Å². The van der Waals surface area contributed by atoms with Crippen LogP contribution in [0.15, 0.2) is 18.3 Å². The molecule has 1 saturated heterocycles. The Balaban J connectivity index is 1.49. The quantitative estimate of drug-likeness (QED) is 0.446. The molecule has 0 radical (unpaired) electrons. The molecule has 1 aromatic heterocycles. The number of halogens is 3. The van der Waals surface area contributed by atoms with Gasteiger partial charge in [-0.1, -0.05) is 17.7 Å². The van der Waals surface area contributed by atoms with Gasteiger partial charge in [0.25, 0.3) is 5.91 Å². The van der Waals surface area contributed by atoms with Crippen LogP contribution in [0.4, 0.5) is 4.39 Å². The van der Waals surface area contributed by atoms with Gasteiger partial charge in [-0.2, -0.15) is 0 Å². The fourth-order valence-electron chi connectivity index (χ4n) is 4.53. The molecule has 2 unspecified atom stereocenters. The number of ether oxygens (including phenoxy) is 2. The van der Waals surface area contributed by atoms with Gasteiger partial charge in [0.1, 0.15) is 17.5 Å². The zero-order valence-corrected chi connectivity index (χ0v) is 21.2. The van der Waals surface area contributed by atoms with Crippen LogP contribution in [-0.2, 0) is 20.8 Å². The SMILES string of the molecule is C[C@H](C(=O)OC(C)(C)CC1CC(N)CCO1)N1Cc2ccc(-c3nc(Cl)ncc3Cl)c(F)c2C1=O. The highest BCUT2D eigenvalue weighted by atomic mass is 35.5. The van der Waals surface area contributed by atoms with Gasteiger partial charge in [-0.3, -0.25) is 4.79 Å². The summed E-state index contributed by atoms with van der Waals surface area (Å²) in [5.74, 6) is -1.97. The molecule has 0 spiro atoms. The predicted octanol–water partition coefficient (Wildman–Crippen LogP) is 4.15. The summed E-state index contributed by atoms with van der Waals surface area (Å²) >= 11 is 12.0. The van der Waals surface area contributed by atoms with Gasteiger partial charge >= 0.3 is 5.97 Å². The number of nitrogens with two attached hydrogens (primary N) is 1. The number of carbonyl (C=O) groups excluding carboxylic acids is 2. The van der Waals surface area contributed by atoms with Crippen molar-refractivity contribution in [2.45, 2.75) is 70.4 Å². The van der Waals surface area contributed by atoms with E-state index in [0.29, 0.717) is 25.0 Å². The van der Waals surface area contributed by atoms with E-state index in [1.807, 2.05) is 0 Å². The van der Waals surface area contributed by atoms with Crippen molar-refractivity contribution < 1.29 is 23.5 Å². The number of amides is 1. The van der Waals surface area contributed by atoms with Gasteiger partial charge in [0.2, 0.25) is 5.28 Å². The molecule has 2 N–H and O–H groups in total. The Labute approximate surface area is 212 Å². The number of rotatable bonds is 6. The Bertz CT molecular complexity index is 1160. The number of carbonyl (C=O) groups is 2. The third kappa shape index (κ3) is 5.43. The molecule has 3 atom stereocenters. The number of hydrogen-bond acceptors (Lipinski definition) is 7. The Morgan fingerprint density at radius 1 is 1.40 bits per heavy atom. The fraction of sp³-hybridized carbons (Fsp3) is 0.500. The molecule has 1 aromatic carbocycles. The number of benzene rings is 1. The molecule has 188 valence electrons. The van der Waals surface area contributed by atoms with E-state index < -0.39 is 29.3 Å². The molecule has 1 amide bonds. The molecule has 2 aliphatic rings. The summed E-state index contributed by atoms with van der Waals surface area (Å²) in [4.78, 5) is 35.2. The van der Waals surface area contributed by atoms with Crippen LogP contribution < -0.4 is 5.73 Å². The van der Waals surface area contributed by atoms with Gasteiger partial charge in [-0.15, -0.1) is 0 Å². The normalized spacial score (nSPS) is 21.1. The van der Waals surface area contributed by atoms with E-state index in [0.717, 1.165) is 6.42 Å². The predicted molar refractivity (Wildman–Crippen MR) is 129 cm³/mol. The Kier molecular flexibility index (Phi) is 7.33. The minimum atomic E-state index is -0.927. The van der Waals surface area contributed by atoms with Crippen LogP contribution in [0.5, 0.6) is 0 Å². The molecule has 11 heteroatoms. The first-order chi connectivity index (χ1) is 16.5. The summed E-state index contributed by atoms with van der Waals surface area (Å²) in [6.45, 7) is 5.80. The summed E-state index contributed by atoms with van der Waals surface area (Å²) in [7, 11) is 0. The Morgan fingerprint density at radius 3 is 2.86 bits per heavy atom. The standard InChI is InChI=1S/C24H27Cl2FN4O4/c1-12(22(33)35-24(2,3)9-15-8-14(28)6-7-34-15)31-11-13-4-5-16(19(27)18(13)21(31)32)20-17(25)10-29-23(26)30-20/h4-5,10,12,14-15H,6-9,11,28H2,1-3H3/t12-,14?,15?/m1/s1. The number of aromatic nitrogens is 2. The van der Waals surface area contributed by atoms with Gasteiger partial charge in [0, 0.05) is 31.2 Å². The maximum absolute atomic E-state index is 15.5. The summed E-state index contributed by atoms with van der Waals surface area (Å²) in [6, 6.07) is 2.23. The van der Waals surface area contributed by atoms with E-state index in [1.54, 1.807) is 26.8 Å². The second kappa shape index (κ2) is 9.97. The summed E-state index contributed by atoms with van der Waals surface area (Å²) in [5.41, 5.74) is 5.63. The average molecular weight is 525 g/mol. The zero-order chi connectivity index (χ0) is 25.5. The summed E-state index contributed by atoms with van der Waals surface area (Å²) < 4.78 is 27.0. The Hall–Kier alpha value is -2.33. The van der Waals surface area contributed by atoms with Crippen LogP contribution >= 0.6 is 23.2 Å². The van der Waals surface area contributed by atoms with Crippen LogP contribution in [-0.4, -0.2) is 57.1 Å². The highest BCUT2D eigenvalue weighted by molar-refractivity contribution is 6.33. The number of nitrogens with zero attached hydrogens (tertiary/aromatic N) is 3. The molecule has 2 aliphatic heterocycles. The monoisotopic (exact) mass is 524 g/mol. The second-order valence-electron chi connectivity index (χ2n) is 9.57. The van der Waals surface area contributed by atoms with Crippen LogP contribution in [0.25, 0.3) is 11.3 Å². The van der Waals surface area contributed by atoms with Gasteiger partial charge in [0.05, 0.1) is 28.6 Å². The van der Waals surface area contributed by atoms with Crippen LogP contribution in [0.3, 0.4) is 0 Å². The minimum Gasteiger partial charge on any atom is -0.458 e. The fourth-order valence-corrected chi connectivity index (χ4v) is 4.86. The lowest BCUT2D eigenvalue weighted by molar-refractivity contribution is -0.165. The maximum atomic E-state index is 15.5. The topological polar surface area (TPSA) is 108 Å². The van der Waals surface area contributed by atoms with E-state index >= 15 is 4.39 Å². The molecule has 1 fully saturated rings. The molecule has 0 saturated carbocycles. The van der Waals surface area contributed by atoms with Gasteiger partial charge < -0.3 is 20.1 Å². The van der Waals surface area contributed by atoms with E-state index in [4.69, 9.17) is 38.4 Å². The molecular weight excluding hydrogens is 498 g/mol. The highest BCUT2D eigenvalue weighted by Crippen LogP contribution is 2.35. The summed E-state index contributed by atoms with van der Waals surface area (Å²) in [5, 5.41) is -0.00512. The van der Waals surface area contributed by atoms with Crippen molar-refractivity contribution in [1.29, 1.82) is 0 Å². The molecule has 2 aromatic rings. The lowest BCUT2D eigenvalue weighted by atomic mass is 9.93. The average Bonchev–Trinajstić information content (AvgIpc) is 3.11. The lowest BCUT2D eigenvalue weighted by Crippen LogP contribution is -2.45. The first kappa shape index (κ1) is 25.8. The van der Waals surface area contributed by atoms with Crippen molar-refractivity contribution in [3.63, 3.8) is 0 Å². The molecule has 4 rings (SSSR count). The van der Waals surface area contributed by atoms with E-state index in [1.165, 1.54) is 17.2 Å².